The van der Waals surface area contributed by atoms with Crippen LogP contribution in [0.2, 0.25) is 0 Å². The number of hydrogen-bond acceptors (Lipinski definition) is 3. The molecule has 0 aliphatic carbocycles. The van der Waals surface area contributed by atoms with Gasteiger partial charge in [0, 0.05) is 12.6 Å². The van der Waals surface area contributed by atoms with Crippen molar-refractivity contribution in [3.8, 4) is 0 Å². The summed E-state index contributed by atoms with van der Waals surface area (Å²) in [5, 5.41) is 3.53. The lowest BCUT2D eigenvalue weighted by Gasteiger charge is -2.38. The van der Waals surface area contributed by atoms with Crippen LogP contribution in [0.5, 0.6) is 0 Å². The second-order valence-electron chi connectivity index (χ2n) is 7.32. The molecule has 3 saturated heterocycles. The van der Waals surface area contributed by atoms with Gasteiger partial charge in [0.05, 0.1) is 6.10 Å². The molecule has 2 atom stereocenters. The highest BCUT2D eigenvalue weighted by Gasteiger charge is 2.29. The van der Waals surface area contributed by atoms with E-state index in [2.05, 4.69) is 10.2 Å². The number of nitrogens with one attached hydrogen (secondary N) is 1. The van der Waals surface area contributed by atoms with Gasteiger partial charge in [0.15, 0.2) is 0 Å². The fraction of sp³-hybridized carbons (Fsp3) is 1.00. The number of nitrogens with zero attached hydrogens (tertiary/aromatic N) is 1. The van der Waals surface area contributed by atoms with E-state index in [-0.39, 0.29) is 0 Å². The lowest BCUT2D eigenvalue weighted by atomic mass is 9.86. The summed E-state index contributed by atoms with van der Waals surface area (Å²) in [4.78, 5) is 2.86. The summed E-state index contributed by atoms with van der Waals surface area (Å²) >= 11 is 0. The van der Waals surface area contributed by atoms with Crippen LogP contribution >= 0.6 is 0 Å². The van der Waals surface area contributed by atoms with Crippen LogP contribution in [-0.4, -0.2) is 49.8 Å². The van der Waals surface area contributed by atoms with Crippen molar-refractivity contribution < 1.29 is 4.74 Å². The molecule has 21 heavy (non-hydrogen) atoms. The second-order valence-corrected chi connectivity index (χ2v) is 7.32. The van der Waals surface area contributed by atoms with Crippen LogP contribution < -0.4 is 5.32 Å². The van der Waals surface area contributed by atoms with E-state index in [0.717, 1.165) is 18.6 Å². The molecular weight excluding hydrogens is 260 g/mol. The van der Waals surface area contributed by atoms with E-state index < -0.39 is 0 Å². The van der Waals surface area contributed by atoms with Crippen molar-refractivity contribution in [3.63, 3.8) is 0 Å². The fourth-order valence-corrected chi connectivity index (χ4v) is 4.63. The Morgan fingerprint density at radius 1 is 0.952 bits per heavy atom. The first-order valence-electron chi connectivity index (χ1n) is 9.50. The Morgan fingerprint density at radius 2 is 1.86 bits per heavy atom. The normalized spacial score (nSPS) is 33.1. The molecule has 1 N–H and O–H groups in total. The summed E-state index contributed by atoms with van der Waals surface area (Å²) in [5.41, 5.74) is 0. The quantitative estimate of drug-likeness (QED) is 0.843. The highest BCUT2D eigenvalue weighted by Crippen LogP contribution is 2.29. The maximum absolute atomic E-state index is 5.78. The maximum atomic E-state index is 5.78. The van der Waals surface area contributed by atoms with Gasteiger partial charge in [-0.2, -0.15) is 0 Å². The molecule has 3 heterocycles. The van der Waals surface area contributed by atoms with E-state index in [9.17, 15) is 0 Å². The zero-order chi connectivity index (χ0) is 14.3. The Kier molecular flexibility index (Phi) is 6.38. The highest BCUT2D eigenvalue weighted by atomic mass is 16.5. The van der Waals surface area contributed by atoms with Gasteiger partial charge in [0.2, 0.25) is 0 Å². The van der Waals surface area contributed by atoms with Gasteiger partial charge in [0.25, 0.3) is 0 Å². The predicted octanol–water partition coefficient (Wildman–Crippen LogP) is 3.19. The minimum atomic E-state index is 0.578. The van der Waals surface area contributed by atoms with Crippen LogP contribution in [-0.2, 0) is 4.74 Å². The van der Waals surface area contributed by atoms with Crippen LogP contribution in [0.25, 0.3) is 0 Å². The van der Waals surface area contributed by atoms with Crippen molar-refractivity contribution in [2.45, 2.75) is 76.4 Å². The molecule has 0 aromatic heterocycles. The third-order valence-corrected chi connectivity index (χ3v) is 5.84. The summed E-state index contributed by atoms with van der Waals surface area (Å²) in [6.07, 6.45) is 14.4. The molecule has 0 bridgehead atoms. The molecule has 0 aromatic carbocycles. The van der Waals surface area contributed by atoms with Crippen molar-refractivity contribution in [2.75, 3.05) is 32.8 Å². The molecule has 0 spiro atoms. The molecule has 122 valence electrons. The molecule has 3 rings (SSSR count). The number of rotatable bonds is 5. The smallest absolute Gasteiger partial charge is 0.0576 e. The highest BCUT2D eigenvalue weighted by molar-refractivity contribution is 4.85. The van der Waals surface area contributed by atoms with Crippen molar-refractivity contribution in [1.29, 1.82) is 0 Å². The third-order valence-electron chi connectivity index (χ3n) is 5.84. The Hall–Kier alpha value is -0.120. The average molecular weight is 294 g/mol. The van der Waals surface area contributed by atoms with Crippen LogP contribution in [0.4, 0.5) is 0 Å². The molecule has 3 fully saturated rings. The molecular formula is C18H34N2O. The fourth-order valence-electron chi connectivity index (χ4n) is 4.63. The van der Waals surface area contributed by atoms with E-state index in [1.54, 1.807) is 0 Å². The zero-order valence-electron chi connectivity index (χ0n) is 13.7. The van der Waals surface area contributed by atoms with Gasteiger partial charge < -0.3 is 15.0 Å². The van der Waals surface area contributed by atoms with E-state index in [1.165, 1.54) is 90.4 Å². The minimum absolute atomic E-state index is 0.578. The Bertz CT molecular complexity index is 285. The van der Waals surface area contributed by atoms with Crippen LogP contribution in [0, 0.1) is 5.92 Å². The molecule has 0 radical (unpaired) electrons. The lowest BCUT2D eigenvalue weighted by molar-refractivity contribution is 0.0869. The second kappa shape index (κ2) is 8.50. The topological polar surface area (TPSA) is 24.5 Å². The van der Waals surface area contributed by atoms with Crippen molar-refractivity contribution in [1.82, 2.24) is 10.2 Å². The first kappa shape index (κ1) is 15.8. The largest absolute Gasteiger partial charge is 0.378 e. The standard InChI is InChI=1S/C18H34N2O/c1-2-8-18(16-9-11-19-12-10-16)20(13-3-1)14-4-6-17-7-5-15-21-17/h16-19H,1-15H2. The van der Waals surface area contributed by atoms with E-state index in [1.807, 2.05) is 0 Å². The van der Waals surface area contributed by atoms with Gasteiger partial charge in [-0.15, -0.1) is 0 Å². The predicted molar refractivity (Wildman–Crippen MR) is 87.6 cm³/mol. The molecule has 3 aliphatic heterocycles. The van der Waals surface area contributed by atoms with E-state index >= 15 is 0 Å². The summed E-state index contributed by atoms with van der Waals surface area (Å²) in [7, 11) is 0. The molecule has 0 amide bonds. The van der Waals surface area contributed by atoms with E-state index in [4.69, 9.17) is 4.74 Å². The monoisotopic (exact) mass is 294 g/mol. The summed E-state index contributed by atoms with van der Waals surface area (Å²) in [6, 6.07) is 0.874. The number of ether oxygens (including phenoxy) is 1. The third kappa shape index (κ3) is 4.67. The first-order valence-corrected chi connectivity index (χ1v) is 9.50. The Morgan fingerprint density at radius 3 is 2.67 bits per heavy atom. The van der Waals surface area contributed by atoms with Crippen molar-refractivity contribution in [3.05, 3.63) is 0 Å². The number of likely N-dealkylation sites (tertiary alicyclic amines) is 1. The first-order chi connectivity index (χ1) is 10.4. The van der Waals surface area contributed by atoms with Crippen molar-refractivity contribution >= 4 is 0 Å². The van der Waals surface area contributed by atoms with Gasteiger partial charge >= 0.3 is 0 Å². The van der Waals surface area contributed by atoms with Crippen LogP contribution in [0.1, 0.15) is 64.2 Å². The average Bonchev–Trinajstić information content (AvgIpc) is 2.93. The van der Waals surface area contributed by atoms with Crippen LogP contribution in [0.3, 0.4) is 0 Å². The van der Waals surface area contributed by atoms with E-state index in [0.29, 0.717) is 6.10 Å². The van der Waals surface area contributed by atoms with Gasteiger partial charge in [-0.1, -0.05) is 12.8 Å². The van der Waals surface area contributed by atoms with Gasteiger partial charge in [-0.25, -0.2) is 0 Å². The SMILES string of the molecule is C1CCC(C2CCNCC2)N(CCCC2CCCO2)CC1. The molecule has 0 aromatic rings. The minimum Gasteiger partial charge on any atom is -0.378 e. The maximum Gasteiger partial charge on any atom is 0.0576 e. The van der Waals surface area contributed by atoms with Gasteiger partial charge in [-0.05, 0) is 83.5 Å². The number of piperidine rings is 1. The number of hydrogen-bond donors (Lipinski definition) is 1. The van der Waals surface area contributed by atoms with Crippen LogP contribution in [0.15, 0.2) is 0 Å². The zero-order valence-corrected chi connectivity index (χ0v) is 13.7. The molecule has 2 unspecified atom stereocenters. The molecule has 3 heteroatoms. The summed E-state index contributed by atoms with van der Waals surface area (Å²) in [6.45, 7) is 6.15. The molecule has 3 nitrogen and oxygen atoms in total. The molecule has 0 saturated carbocycles. The van der Waals surface area contributed by atoms with Gasteiger partial charge in [0.1, 0.15) is 0 Å². The summed E-state index contributed by atoms with van der Waals surface area (Å²) < 4.78 is 5.78. The lowest BCUT2D eigenvalue weighted by Crippen LogP contribution is -2.44. The van der Waals surface area contributed by atoms with Gasteiger partial charge in [-0.3, -0.25) is 0 Å². The molecule has 3 aliphatic rings. The Balaban J connectivity index is 1.48. The summed E-state index contributed by atoms with van der Waals surface area (Å²) in [5.74, 6) is 0.951. The Labute approximate surface area is 130 Å². The van der Waals surface area contributed by atoms with Crippen molar-refractivity contribution in [2.24, 2.45) is 5.92 Å².